The first-order valence-electron chi connectivity index (χ1n) is 7.13. The quantitative estimate of drug-likeness (QED) is 0.629. The van der Waals surface area contributed by atoms with Crippen molar-refractivity contribution in [2.75, 3.05) is 40.1 Å². The fraction of sp³-hybridized carbons (Fsp3) is 0.667. The summed E-state index contributed by atoms with van der Waals surface area (Å²) >= 11 is 0. The Morgan fingerprint density at radius 3 is 2.75 bits per heavy atom. The Bertz CT molecular complexity index is 372. The molecule has 1 aromatic rings. The van der Waals surface area contributed by atoms with Gasteiger partial charge in [0.05, 0.1) is 19.8 Å². The Morgan fingerprint density at radius 1 is 1.20 bits per heavy atom. The fourth-order valence-electron chi connectivity index (χ4n) is 1.68. The van der Waals surface area contributed by atoms with Gasteiger partial charge in [0.2, 0.25) is 0 Å². The third kappa shape index (κ3) is 6.84. The first-order valence-corrected chi connectivity index (χ1v) is 7.13. The molecule has 0 amide bonds. The lowest BCUT2D eigenvalue weighted by atomic mass is 10.2. The maximum absolute atomic E-state index is 5.78. The molecule has 0 bridgehead atoms. The molecular weight excluding hydrogens is 256 g/mol. The van der Waals surface area contributed by atoms with Crippen LogP contribution in [0.4, 0.5) is 0 Å². The molecule has 114 valence electrons. The number of ether oxygens (including phenoxy) is 3. The highest BCUT2D eigenvalue weighted by atomic mass is 16.5. The highest BCUT2D eigenvalue weighted by Gasteiger charge is 2.05. The van der Waals surface area contributed by atoms with E-state index in [4.69, 9.17) is 14.2 Å². The summed E-state index contributed by atoms with van der Waals surface area (Å²) in [6.45, 7) is 8.19. The summed E-state index contributed by atoms with van der Waals surface area (Å²) in [6, 6.07) is 1.97. The van der Waals surface area contributed by atoms with E-state index in [0.29, 0.717) is 26.4 Å². The molecule has 0 unspecified atom stereocenters. The highest BCUT2D eigenvalue weighted by Crippen LogP contribution is 2.18. The Labute approximate surface area is 121 Å². The van der Waals surface area contributed by atoms with Gasteiger partial charge < -0.3 is 19.5 Å². The Balaban J connectivity index is 2.39. The lowest BCUT2D eigenvalue weighted by Crippen LogP contribution is -2.16. The van der Waals surface area contributed by atoms with E-state index in [1.165, 1.54) is 0 Å². The zero-order valence-electron chi connectivity index (χ0n) is 12.8. The molecule has 1 N–H and O–H groups in total. The van der Waals surface area contributed by atoms with Gasteiger partial charge in [0.15, 0.2) is 0 Å². The minimum Gasteiger partial charge on any atom is -0.491 e. The number of hydrogen-bond donors (Lipinski definition) is 1. The monoisotopic (exact) mass is 282 g/mol. The maximum Gasteiger partial charge on any atom is 0.127 e. The third-order valence-corrected chi connectivity index (χ3v) is 2.74. The molecule has 0 aliphatic heterocycles. The van der Waals surface area contributed by atoms with E-state index in [2.05, 4.69) is 17.2 Å². The minimum atomic E-state index is 0.536. The topological polar surface area (TPSA) is 52.6 Å². The summed E-state index contributed by atoms with van der Waals surface area (Å²) in [5, 5.41) is 3.36. The second-order valence-electron chi connectivity index (χ2n) is 4.56. The van der Waals surface area contributed by atoms with Crippen molar-refractivity contribution in [1.29, 1.82) is 0 Å². The van der Waals surface area contributed by atoms with E-state index in [1.54, 1.807) is 7.11 Å². The summed E-state index contributed by atoms with van der Waals surface area (Å²) < 4.78 is 16.1. The number of pyridine rings is 1. The highest BCUT2D eigenvalue weighted by molar-refractivity contribution is 5.32. The fourth-order valence-corrected chi connectivity index (χ4v) is 1.68. The molecule has 5 heteroatoms. The van der Waals surface area contributed by atoms with Crippen LogP contribution in [-0.4, -0.2) is 45.1 Å². The van der Waals surface area contributed by atoms with Crippen molar-refractivity contribution in [3.05, 3.63) is 23.5 Å². The van der Waals surface area contributed by atoms with E-state index in [0.717, 1.165) is 36.5 Å². The van der Waals surface area contributed by atoms with Gasteiger partial charge >= 0.3 is 0 Å². The number of methoxy groups -OCH3 is 1. The summed E-state index contributed by atoms with van der Waals surface area (Å²) in [5.74, 6) is 0.886. The van der Waals surface area contributed by atoms with Crippen LogP contribution in [0.25, 0.3) is 0 Å². The number of hydrogen-bond acceptors (Lipinski definition) is 5. The lowest BCUT2D eigenvalue weighted by molar-refractivity contribution is 0.0542. The molecule has 0 saturated carbocycles. The zero-order valence-corrected chi connectivity index (χ0v) is 12.8. The van der Waals surface area contributed by atoms with Crippen molar-refractivity contribution >= 4 is 0 Å². The van der Waals surface area contributed by atoms with Crippen LogP contribution in [0.15, 0.2) is 12.3 Å². The van der Waals surface area contributed by atoms with Crippen LogP contribution in [0, 0.1) is 6.92 Å². The van der Waals surface area contributed by atoms with E-state index >= 15 is 0 Å². The molecule has 0 aliphatic rings. The van der Waals surface area contributed by atoms with Gasteiger partial charge in [0.1, 0.15) is 12.4 Å². The smallest absolute Gasteiger partial charge is 0.127 e. The molecule has 0 saturated heterocycles. The number of nitrogens with zero attached hydrogens (tertiary/aromatic N) is 1. The van der Waals surface area contributed by atoms with Gasteiger partial charge in [0.25, 0.3) is 0 Å². The molecule has 0 spiro atoms. The Kier molecular flexibility index (Phi) is 8.95. The summed E-state index contributed by atoms with van der Waals surface area (Å²) in [7, 11) is 1.66. The van der Waals surface area contributed by atoms with Gasteiger partial charge in [0, 0.05) is 37.2 Å². The van der Waals surface area contributed by atoms with Crippen molar-refractivity contribution in [3.63, 3.8) is 0 Å². The average Bonchev–Trinajstić information content (AvgIpc) is 2.45. The van der Waals surface area contributed by atoms with E-state index in [1.807, 2.05) is 19.2 Å². The van der Waals surface area contributed by atoms with Gasteiger partial charge in [-0.25, -0.2) is 0 Å². The van der Waals surface area contributed by atoms with Crippen LogP contribution < -0.4 is 10.1 Å². The van der Waals surface area contributed by atoms with Crippen LogP contribution in [0.3, 0.4) is 0 Å². The van der Waals surface area contributed by atoms with Crippen LogP contribution in [-0.2, 0) is 16.0 Å². The SMILES string of the molecule is CCCNCc1cnc(C)cc1OCCOCCOC. The van der Waals surface area contributed by atoms with Crippen LogP contribution in [0.5, 0.6) is 5.75 Å². The minimum absolute atomic E-state index is 0.536. The number of nitrogens with one attached hydrogen (secondary N) is 1. The van der Waals surface area contributed by atoms with E-state index in [9.17, 15) is 0 Å². The first kappa shape index (κ1) is 16.9. The van der Waals surface area contributed by atoms with Crippen molar-refractivity contribution in [1.82, 2.24) is 10.3 Å². The molecule has 5 nitrogen and oxygen atoms in total. The summed E-state index contributed by atoms with van der Waals surface area (Å²) in [5.41, 5.74) is 2.04. The molecule has 0 aromatic carbocycles. The van der Waals surface area contributed by atoms with E-state index in [-0.39, 0.29) is 0 Å². The largest absolute Gasteiger partial charge is 0.491 e. The van der Waals surface area contributed by atoms with Crippen molar-refractivity contribution in [3.8, 4) is 5.75 Å². The van der Waals surface area contributed by atoms with Gasteiger partial charge in [-0.1, -0.05) is 6.92 Å². The number of aromatic nitrogens is 1. The molecule has 0 atom stereocenters. The van der Waals surface area contributed by atoms with Crippen LogP contribution >= 0.6 is 0 Å². The molecule has 0 aliphatic carbocycles. The van der Waals surface area contributed by atoms with Crippen molar-refractivity contribution in [2.24, 2.45) is 0 Å². The maximum atomic E-state index is 5.78. The van der Waals surface area contributed by atoms with Crippen LogP contribution in [0.1, 0.15) is 24.6 Å². The first-order chi connectivity index (χ1) is 9.77. The molecule has 1 heterocycles. The Hall–Kier alpha value is -1.17. The molecular formula is C15H26N2O3. The lowest BCUT2D eigenvalue weighted by Gasteiger charge is -2.12. The average molecular weight is 282 g/mol. The van der Waals surface area contributed by atoms with Gasteiger partial charge in [-0.2, -0.15) is 0 Å². The molecule has 0 fully saturated rings. The molecule has 1 rings (SSSR count). The predicted molar refractivity (Wildman–Crippen MR) is 79.2 cm³/mol. The zero-order chi connectivity index (χ0) is 14.6. The third-order valence-electron chi connectivity index (χ3n) is 2.74. The molecule has 1 aromatic heterocycles. The predicted octanol–water partition coefficient (Wildman–Crippen LogP) is 1.93. The van der Waals surface area contributed by atoms with Gasteiger partial charge in [-0.15, -0.1) is 0 Å². The standard InChI is InChI=1S/C15H26N2O3/c1-4-5-16-11-14-12-17-13(2)10-15(14)20-9-8-19-7-6-18-3/h10,12,16H,4-9,11H2,1-3H3. The van der Waals surface area contributed by atoms with Gasteiger partial charge in [-0.3, -0.25) is 4.98 Å². The second kappa shape index (κ2) is 10.6. The normalized spacial score (nSPS) is 10.8. The second-order valence-corrected chi connectivity index (χ2v) is 4.56. The summed E-state index contributed by atoms with van der Waals surface area (Å²) in [6.07, 6.45) is 2.99. The molecule has 0 radical (unpaired) electrons. The number of aryl methyl sites for hydroxylation is 1. The van der Waals surface area contributed by atoms with Crippen molar-refractivity contribution < 1.29 is 14.2 Å². The summed E-state index contributed by atoms with van der Waals surface area (Å²) in [4.78, 5) is 4.32. The van der Waals surface area contributed by atoms with E-state index < -0.39 is 0 Å². The van der Waals surface area contributed by atoms with Crippen LogP contribution in [0.2, 0.25) is 0 Å². The number of rotatable bonds is 11. The van der Waals surface area contributed by atoms with Crippen molar-refractivity contribution in [2.45, 2.75) is 26.8 Å². The molecule has 20 heavy (non-hydrogen) atoms. The Morgan fingerprint density at radius 2 is 2.00 bits per heavy atom. The van der Waals surface area contributed by atoms with Gasteiger partial charge in [-0.05, 0) is 19.9 Å².